The highest BCUT2D eigenvalue weighted by atomic mass is 16.5. The Bertz CT molecular complexity index is 702. The molecular formula is C22H34N4O2. The zero-order chi connectivity index (χ0) is 20.5. The lowest BCUT2D eigenvalue weighted by molar-refractivity contribution is -0.128. The van der Waals surface area contributed by atoms with Crippen LogP contribution in [0.2, 0.25) is 0 Å². The molecule has 0 spiro atoms. The number of likely N-dealkylation sites (N-methyl/N-ethyl adjacent to an activating group) is 1. The van der Waals surface area contributed by atoms with Gasteiger partial charge in [-0.1, -0.05) is 24.3 Å². The number of nitrogens with two attached hydrogens (primary N) is 1. The summed E-state index contributed by atoms with van der Waals surface area (Å²) in [6, 6.07) is 8.67. The minimum absolute atomic E-state index is 0.0292. The van der Waals surface area contributed by atoms with Gasteiger partial charge in [-0.15, -0.1) is 0 Å². The van der Waals surface area contributed by atoms with E-state index in [-0.39, 0.29) is 18.6 Å². The van der Waals surface area contributed by atoms with Crippen LogP contribution in [-0.2, 0) is 16.1 Å². The molecule has 2 atom stereocenters. The first-order valence-electron chi connectivity index (χ1n) is 9.97. The van der Waals surface area contributed by atoms with E-state index in [0.29, 0.717) is 12.6 Å². The fourth-order valence-electron chi connectivity index (χ4n) is 3.68. The number of hydrogen-bond donors (Lipinski definition) is 1. The van der Waals surface area contributed by atoms with E-state index < -0.39 is 0 Å². The molecule has 1 aliphatic rings. The van der Waals surface area contributed by atoms with Crippen LogP contribution in [0.1, 0.15) is 37.8 Å². The van der Waals surface area contributed by atoms with E-state index in [1.807, 2.05) is 25.3 Å². The number of methoxy groups -OCH3 is 1. The van der Waals surface area contributed by atoms with Gasteiger partial charge in [0.25, 0.3) is 0 Å². The molecule has 6 nitrogen and oxygen atoms in total. The van der Waals surface area contributed by atoms with Gasteiger partial charge in [-0.3, -0.25) is 14.7 Å². The summed E-state index contributed by atoms with van der Waals surface area (Å²) in [5.41, 5.74) is 8.69. The third kappa shape index (κ3) is 5.99. The molecule has 1 unspecified atom stereocenters. The molecule has 1 heterocycles. The maximum Gasteiger partial charge on any atom is 0.236 e. The maximum absolute atomic E-state index is 11.7. The van der Waals surface area contributed by atoms with Gasteiger partial charge in [0.2, 0.25) is 5.91 Å². The molecule has 0 radical (unpaired) electrons. The van der Waals surface area contributed by atoms with Gasteiger partial charge in [0.05, 0.1) is 19.3 Å². The maximum atomic E-state index is 11.7. The summed E-state index contributed by atoms with van der Waals surface area (Å²) in [7, 11) is 3.53. The van der Waals surface area contributed by atoms with Crippen molar-refractivity contribution in [3.63, 3.8) is 0 Å². The van der Waals surface area contributed by atoms with Crippen molar-refractivity contribution < 1.29 is 9.53 Å². The van der Waals surface area contributed by atoms with E-state index in [0.717, 1.165) is 29.9 Å². The number of hydrogen-bond acceptors (Lipinski definition) is 5. The normalized spacial score (nSPS) is 19.3. The SMILES string of the molecule is C/C=C(\C=NC(C)N1CCC[C@H]1COC)c1cccc(CN(C)C(=O)CN)c1. The Morgan fingerprint density at radius 3 is 2.96 bits per heavy atom. The van der Waals surface area contributed by atoms with Crippen molar-refractivity contribution in [2.24, 2.45) is 10.7 Å². The summed E-state index contributed by atoms with van der Waals surface area (Å²) in [5, 5.41) is 0. The predicted molar refractivity (Wildman–Crippen MR) is 115 cm³/mol. The zero-order valence-electron chi connectivity index (χ0n) is 17.6. The lowest BCUT2D eigenvalue weighted by Gasteiger charge is -2.27. The highest BCUT2D eigenvalue weighted by molar-refractivity contribution is 6.09. The Morgan fingerprint density at radius 2 is 2.29 bits per heavy atom. The number of rotatable bonds is 9. The van der Waals surface area contributed by atoms with Crippen molar-refractivity contribution in [2.75, 3.05) is 33.9 Å². The Kier molecular flexibility index (Phi) is 8.83. The van der Waals surface area contributed by atoms with Gasteiger partial charge >= 0.3 is 0 Å². The van der Waals surface area contributed by atoms with Crippen LogP contribution in [0.3, 0.4) is 0 Å². The predicted octanol–water partition coefficient (Wildman–Crippen LogP) is 2.53. The Morgan fingerprint density at radius 1 is 1.50 bits per heavy atom. The second-order valence-corrected chi connectivity index (χ2v) is 7.30. The van der Waals surface area contributed by atoms with Crippen molar-refractivity contribution >= 4 is 17.7 Å². The van der Waals surface area contributed by atoms with Crippen LogP contribution in [0.4, 0.5) is 0 Å². The third-order valence-corrected chi connectivity index (χ3v) is 5.28. The smallest absolute Gasteiger partial charge is 0.236 e. The van der Waals surface area contributed by atoms with Gasteiger partial charge in [0.1, 0.15) is 0 Å². The van der Waals surface area contributed by atoms with Crippen LogP contribution >= 0.6 is 0 Å². The van der Waals surface area contributed by atoms with E-state index >= 15 is 0 Å². The number of carbonyl (C=O) groups is 1. The van der Waals surface area contributed by atoms with E-state index in [9.17, 15) is 4.79 Å². The van der Waals surface area contributed by atoms with Crippen LogP contribution in [0, 0.1) is 0 Å². The van der Waals surface area contributed by atoms with Crippen LogP contribution in [-0.4, -0.2) is 68.0 Å². The van der Waals surface area contributed by atoms with Crippen molar-refractivity contribution in [1.82, 2.24) is 9.80 Å². The second-order valence-electron chi connectivity index (χ2n) is 7.30. The summed E-state index contributed by atoms with van der Waals surface area (Å²) in [6.45, 7) is 6.55. The molecule has 1 saturated heterocycles. The molecule has 1 fully saturated rings. The van der Waals surface area contributed by atoms with E-state index in [1.54, 1.807) is 19.1 Å². The first-order chi connectivity index (χ1) is 13.5. The third-order valence-electron chi connectivity index (χ3n) is 5.28. The number of likely N-dealkylation sites (tertiary alicyclic amines) is 1. The summed E-state index contributed by atoms with van der Waals surface area (Å²) in [4.78, 5) is 20.6. The number of allylic oxidation sites excluding steroid dienone is 2. The number of carbonyl (C=O) groups excluding carboxylic acids is 1. The van der Waals surface area contributed by atoms with Crippen LogP contribution < -0.4 is 5.73 Å². The first kappa shape index (κ1) is 22.3. The largest absolute Gasteiger partial charge is 0.383 e. The molecule has 6 heteroatoms. The summed E-state index contributed by atoms with van der Waals surface area (Å²) in [6.07, 6.45) is 6.51. The average Bonchev–Trinajstić information content (AvgIpc) is 3.16. The molecule has 1 aliphatic heterocycles. The van der Waals surface area contributed by atoms with Crippen LogP contribution in [0.25, 0.3) is 5.57 Å². The van der Waals surface area contributed by atoms with Gasteiger partial charge < -0.3 is 15.4 Å². The highest BCUT2D eigenvalue weighted by Gasteiger charge is 2.27. The fourth-order valence-corrected chi connectivity index (χ4v) is 3.68. The van der Waals surface area contributed by atoms with Gasteiger partial charge in [-0.25, -0.2) is 0 Å². The molecule has 1 aromatic carbocycles. The molecule has 2 rings (SSSR count). The van der Waals surface area contributed by atoms with E-state index in [4.69, 9.17) is 15.5 Å². The van der Waals surface area contributed by atoms with Crippen LogP contribution in [0.5, 0.6) is 0 Å². The zero-order valence-corrected chi connectivity index (χ0v) is 17.6. The summed E-state index contributed by atoms with van der Waals surface area (Å²) >= 11 is 0. The van der Waals surface area contributed by atoms with Gasteiger partial charge in [0.15, 0.2) is 0 Å². The van der Waals surface area contributed by atoms with E-state index in [2.05, 4.69) is 30.0 Å². The first-order valence-corrected chi connectivity index (χ1v) is 9.97. The van der Waals surface area contributed by atoms with Gasteiger partial charge in [-0.05, 0) is 49.5 Å². The lowest BCUT2D eigenvalue weighted by Crippen LogP contribution is -2.38. The molecule has 154 valence electrons. The lowest BCUT2D eigenvalue weighted by atomic mass is 10.0. The molecule has 0 aromatic heterocycles. The Hall–Kier alpha value is -2.02. The van der Waals surface area contributed by atoms with Crippen molar-refractivity contribution in [3.8, 4) is 0 Å². The average molecular weight is 387 g/mol. The number of benzene rings is 1. The Labute approximate surface area is 169 Å². The quantitative estimate of drug-likeness (QED) is 0.662. The monoisotopic (exact) mass is 386 g/mol. The summed E-state index contributed by atoms with van der Waals surface area (Å²) in [5.74, 6) is -0.0664. The molecular weight excluding hydrogens is 352 g/mol. The minimum Gasteiger partial charge on any atom is -0.383 e. The summed E-state index contributed by atoms with van der Waals surface area (Å²) < 4.78 is 5.35. The molecule has 1 amide bonds. The van der Waals surface area contributed by atoms with Crippen molar-refractivity contribution in [1.29, 1.82) is 0 Å². The molecule has 1 aromatic rings. The second kappa shape index (κ2) is 11.1. The number of nitrogens with zero attached hydrogens (tertiary/aromatic N) is 3. The van der Waals surface area contributed by atoms with Crippen molar-refractivity contribution in [3.05, 3.63) is 41.5 Å². The fraction of sp³-hybridized carbons (Fsp3) is 0.545. The number of amides is 1. The molecule has 2 N–H and O–H groups in total. The molecule has 0 bridgehead atoms. The van der Waals surface area contributed by atoms with Crippen molar-refractivity contribution in [2.45, 2.75) is 45.4 Å². The van der Waals surface area contributed by atoms with Gasteiger partial charge in [0, 0.05) is 39.5 Å². The minimum atomic E-state index is -0.0664. The molecule has 0 aliphatic carbocycles. The van der Waals surface area contributed by atoms with E-state index in [1.165, 1.54) is 12.8 Å². The Balaban J connectivity index is 2.07. The highest BCUT2D eigenvalue weighted by Crippen LogP contribution is 2.22. The standard InChI is InChI=1S/C22H34N4O2/c1-5-19(14-24-17(2)26-11-7-10-21(26)16-28-4)20-9-6-8-18(12-20)15-25(3)22(27)13-23/h5-6,8-9,12,14,17,21H,7,10-11,13,15-16,23H2,1-4H3/b19-5+,24-14?/t17?,21-/m0/s1. The molecule has 28 heavy (non-hydrogen) atoms. The molecule has 0 saturated carbocycles. The number of aliphatic imine (C=N–C) groups is 1. The topological polar surface area (TPSA) is 71.2 Å². The number of ether oxygens (including phenoxy) is 1. The van der Waals surface area contributed by atoms with Crippen LogP contribution in [0.15, 0.2) is 35.3 Å². The van der Waals surface area contributed by atoms with Gasteiger partial charge in [-0.2, -0.15) is 0 Å².